The predicted molar refractivity (Wildman–Crippen MR) is 127 cm³/mol. The van der Waals surface area contributed by atoms with Crippen molar-refractivity contribution in [3.05, 3.63) is 87.7 Å². The molecule has 31 heavy (non-hydrogen) atoms. The lowest BCUT2D eigenvalue weighted by Gasteiger charge is -2.12. The molecule has 0 aliphatic heterocycles. The summed E-state index contributed by atoms with van der Waals surface area (Å²) in [5.41, 5.74) is 4.11. The van der Waals surface area contributed by atoms with Crippen molar-refractivity contribution in [2.24, 2.45) is 0 Å². The molecule has 0 amide bonds. The number of para-hydroxylation sites is 2. The predicted octanol–water partition coefficient (Wildman–Crippen LogP) is 7.01. The molecule has 4 rings (SSSR count). The number of hydrogen-bond acceptors (Lipinski definition) is 3. The molecule has 0 unspecified atom stereocenters. The Morgan fingerprint density at radius 2 is 1.58 bits per heavy atom. The maximum absolute atomic E-state index is 6.25. The fourth-order valence-electron chi connectivity index (χ4n) is 3.57. The highest BCUT2D eigenvalue weighted by Gasteiger charge is 2.11. The standard InChI is InChI=1S/C25H24Cl2N2O2/c1-17-14-21(15-18(2)25(17)27)30-13-5-12-29-23-7-4-3-6-22(23)28-24(29)16-31-20-10-8-19(26)9-11-20/h3-4,6-11,14-15H,5,12-13,16H2,1-2H3. The first-order valence-electron chi connectivity index (χ1n) is 10.2. The fourth-order valence-corrected chi connectivity index (χ4v) is 3.80. The summed E-state index contributed by atoms with van der Waals surface area (Å²) in [6.07, 6.45) is 0.842. The highest BCUT2D eigenvalue weighted by atomic mass is 35.5. The Morgan fingerprint density at radius 3 is 2.32 bits per heavy atom. The smallest absolute Gasteiger partial charge is 0.147 e. The van der Waals surface area contributed by atoms with E-state index in [4.69, 9.17) is 37.7 Å². The molecule has 0 saturated carbocycles. The zero-order chi connectivity index (χ0) is 21.8. The Balaban J connectivity index is 1.43. The van der Waals surface area contributed by atoms with Crippen LogP contribution in [0.15, 0.2) is 60.7 Å². The van der Waals surface area contributed by atoms with Gasteiger partial charge in [-0.25, -0.2) is 4.98 Å². The van der Waals surface area contributed by atoms with Crippen molar-refractivity contribution in [1.29, 1.82) is 0 Å². The Bertz CT molecular complexity index is 1160. The van der Waals surface area contributed by atoms with Gasteiger partial charge in [0, 0.05) is 16.6 Å². The second-order valence-corrected chi connectivity index (χ2v) is 8.30. The second-order valence-electron chi connectivity index (χ2n) is 7.48. The molecule has 4 nitrogen and oxygen atoms in total. The van der Waals surface area contributed by atoms with Gasteiger partial charge in [-0.15, -0.1) is 0 Å². The van der Waals surface area contributed by atoms with Crippen LogP contribution in [0.1, 0.15) is 23.4 Å². The highest BCUT2D eigenvalue weighted by molar-refractivity contribution is 6.32. The van der Waals surface area contributed by atoms with Crippen LogP contribution in [0.2, 0.25) is 10.0 Å². The lowest BCUT2D eigenvalue weighted by atomic mass is 10.1. The van der Waals surface area contributed by atoms with Crippen molar-refractivity contribution in [1.82, 2.24) is 9.55 Å². The van der Waals surface area contributed by atoms with Crippen molar-refractivity contribution in [3.63, 3.8) is 0 Å². The molecule has 0 fully saturated rings. The van der Waals surface area contributed by atoms with E-state index in [0.29, 0.717) is 18.2 Å². The van der Waals surface area contributed by atoms with Crippen LogP contribution in [0, 0.1) is 13.8 Å². The summed E-state index contributed by atoms with van der Waals surface area (Å²) in [5, 5.41) is 1.48. The molecule has 0 spiro atoms. The summed E-state index contributed by atoms with van der Waals surface area (Å²) >= 11 is 12.2. The number of ether oxygens (including phenoxy) is 2. The third kappa shape index (κ3) is 5.15. The zero-order valence-corrected chi connectivity index (χ0v) is 19.1. The number of benzene rings is 3. The van der Waals surface area contributed by atoms with Gasteiger partial charge in [0.15, 0.2) is 0 Å². The van der Waals surface area contributed by atoms with E-state index in [0.717, 1.165) is 57.5 Å². The molecule has 0 aliphatic rings. The Kier molecular flexibility index (Phi) is 6.69. The first kappa shape index (κ1) is 21.5. The maximum Gasteiger partial charge on any atom is 0.147 e. The number of aryl methyl sites for hydroxylation is 3. The first-order chi connectivity index (χ1) is 15.0. The summed E-state index contributed by atoms with van der Waals surface area (Å²) in [6.45, 7) is 5.75. The average molecular weight is 455 g/mol. The van der Waals surface area contributed by atoms with Gasteiger partial charge in [-0.3, -0.25) is 0 Å². The molecule has 1 heterocycles. The minimum absolute atomic E-state index is 0.382. The van der Waals surface area contributed by atoms with E-state index < -0.39 is 0 Å². The molecule has 3 aromatic carbocycles. The summed E-state index contributed by atoms with van der Waals surface area (Å²) in [5.74, 6) is 2.50. The average Bonchev–Trinajstić information content (AvgIpc) is 3.12. The van der Waals surface area contributed by atoms with Crippen molar-refractivity contribution in [2.75, 3.05) is 6.61 Å². The van der Waals surface area contributed by atoms with Crippen molar-refractivity contribution in [2.45, 2.75) is 33.4 Å². The van der Waals surface area contributed by atoms with Crippen LogP contribution in [0.5, 0.6) is 11.5 Å². The van der Waals surface area contributed by atoms with Crippen LogP contribution < -0.4 is 9.47 Å². The SMILES string of the molecule is Cc1cc(OCCCn2c(COc3ccc(Cl)cc3)nc3ccccc32)cc(C)c1Cl. The van der Waals surface area contributed by atoms with E-state index in [9.17, 15) is 0 Å². The number of nitrogens with zero attached hydrogens (tertiary/aromatic N) is 2. The molecule has 0 atom stereocenters. The van der Waals surface area contributed by atoms with E-state index >= 15 is 0 Å². The molecule has 0 N–H and O–H groups in total. The molecule has 1 aromatic heterocycles. The topological polar surface area (TPSA) is 36.3 Å². The largest absolute Gasteiger partial charge is 0.494 e. The van der Waals surface area contributed by atoms with Crippen LogP contribution in [0.3, 0.4) is 0 Å². The van der Waals surface area contributed by atoms with Gasteiger partial charge >= 0.3 is 0 Å². The molecule has 160 valence electrons. The van der Waals surface area contributed by atoms with Gasteiger partial charge < -0.3 is 14.0 Å². The van der Waals surface area contributed by atoms with E-state index in [1.807, 2.05) is 68.4 Å². The number of aromatic nitrogens is 2. The Hall–Kier alpha value is -2.69. The van der Waals surface area contributed by atoms with Gasteiger partial charge in [0.2, 0.25) is 0 Å². The molecule has 4 aromatic rings. The number of hydrogen-bond donors (Lipinski definition) is 0. The molecule has 0 saturated heterocycles. The van der Waals surface area contributed by atoms with Crippen LogP contribution in [0.4, 0.5) is 0 Å². The summed E-state index contributed by atoms with van der Waals surface area (Å²) < 4.78 is 14.1. The maximum atomic E-state index is 6.25. The van der Waals surface area contributed by atoms with Crippen LogP contribution in [-0.4, -0.2) is 16.2 Å². The summed E-state index contributed by atoms with van der Waals surface area (Å²) in [4.78, 5) is 4.77. The van der Waals surface area contributed by atoms with E-state index in [1.54, 1.807) is 0 Å². The van der Waals surface area contributed by atoms with Gasteiger partial charge in [0.1, 0.15) is 23.9 Å². The monoisotopic (exact) mass is 454 g/mol. The van der Waals surface area contributed by atoms with E-state index in [1.165, 1.54) is 0 Å². The first-order valence-corrected chi connectivity index (χ1v) is 11.0. The summed E-state index contributed by atoms with van der Waals surface area (Å²) in [7, 11) is 0. The zero-order valence-electron chi connectivity index (χ0n) is 17.6. The summed E-state index contributed by atoms with van der Waals surface area (Å²) in [6, 6.07) is 19.4. The van der Waals surface area contributed by atoms with Crippen LogP contribution >= 0.6 is 23.2 Å². The van der Waals surface area contributed by atoms with E-state index in [2.05, 4.69) is 10.6 Å². The normalized spacial score (nSPS) is 11.1. The fraction of sp³-hybridized carbons (Fsp3) is 0.240. The van der Waals surface area contributed by atoms with Crippen molar-refractivity contribution < 1.29 is 9.47 Å². The minimum atomic E-state index is 0.382. The number of rotatable bonds is 8. The highest BCUT2D eigenvalue weighted by Crippen LogP contribution is 2.26. The number of fused-ring (bicyclic) bond motifs is 1. The Morgan fingerprint density at radius 1 is 0.871 bits per heavy atom. The third-order valence-electron chi connectivity index (χ3n) is 5.12. The van der Waals surface area contributed by atoms with Crippen LogP contribution in [-0.2, 0) is 13.2 Å². The second kappa shape index (κ2) is 9.63. The van der Waals surface area contributed by atoms with Gasteiger partial charge in [-0.2, -0.15) is 0 Å². The van der Waals surface area contributed by atoms with Crippen LogP contribution in [0.25, 0.3) is 11.0 Å². The quantitative estimate of drug-likeness (QED) is 0.268. The Labute approximate surface area is 192 Å². The van der Waals surface area contributed by atoms with Gasteiger partial charge in [-0.05, 0) is 79.9 Å². The minimum Gasteiger partial charge on any atom is -0.494 e. The molecular weight excluding hydrogens is 431 g/mol. The van der Waals surface area contributed by atoms with E-state index in [-0.39, 0.29) is 0 Å². The lowest BCUT2D eigenvalue weighted by molar-refractivity contribution is 0.280. The third-order valence-corrected chi connectivity index (χ3v) is 5.97. The van der Waals surface area contributed by atoms with Gasteiger partial charge in [0.05, 0.1) is 17.6 Å². The van der Waals surface area contributed by atoms with Gasteiger partial charge in [-0.1, -0.05) is 35.3 Å². The number of imidazole rings is 1. The number of halogens is 2. The molecule has 0 aliphatic carbocycles. The molecule has 0 radical (unpaired) electrons. The molecule has 6 heteroatoms. The van der Waals surface area contributed by atoms with Crippen molar-refractivity contribution in [3.8, 4) is 11.5 Å². The molecular formula is C25H24Cl2N2O2. The van der Waals surface area contributed by atoms with Gasteiger partial charge in [0.25, 0.3) is 0 Å². The van der Waals surface area contributed by atoms with Crippen molar-refractivity contribution >= 4 is 34.2 Å². The lowest BCUT2D eigenvalue weighted by Crippen LogP contribution is -2.10. The molecule has 0 bridgehead atoms.